The fraction of sp³-hybridized carbons (Fsp3) is 0.714. The van der Waals surface area contributed by atoms with Crippen LogP contribution in [-0.4, -0.2) is 27.7 Å². The monoisotopic (exact) mass is 188 g/mol. The normalized spacial score (nSPS) is 13.2. The van der Waals surface area contributed by atoms with Crippen LogP contribution >= 0.6 is 11.8 Å². The molecule has 1 aromatic heterocycles. The second kappa shape index (κ2) is 4.47. The van der Waals surface area contributed by atoms with Gasteiger partial charge in [-0.25, -0.2) is 0 Å². The molecule has 68 valence electrons. The van der Waals surface area contributed by atoms with Crippen LogP contribution in [0.4, 0.5) is 0 Å². The number of aliphatic hydroxyl groups is 1. The van der Waals surface area contributed by atoms with Gasteiger partial charge in [-0.15, -0.1) is 10.2 Å². The highest BCUT2D eigenvalue weighted by molar-refractivity contribution is 7.99. The Hall–Kier alpha value is -0.550. The van der Waals surface area contributed by atoms with Crippen LogP contribution < -0.4 is 0 Å². The molecule has 1 N–H and O–H groups in total. The van der Waals surface area contributed by atoms with Gasteiger partial charge in [0.25, 0.3) is 5.22 Å². The lowest BCUT2D eigenvalue weighted by Crippen LogP contribution is -2.02. The van der Waals surface area contributed by atoms with Gasteiger partial charge in [0.05, 0.1) is 0 Å². The van der Waals surface area contributed by atoms with E-state index in [0.29, 0.717) is 11.1 Å². The maximum atomic E-state index is 8.74. The van der Waals surface area contributed by atoms with E-state index >= 15 is 0 Å². The van der Waals surface area contributed by atoms with Crippen LogP contribution in [0.5, 0.6) is 0 Å². The number of aromatic nitrogens is 2. The first kappa shape index (κ1) is 9.54. The molecule has 12 heavy (non-hydrogen) atoms. The van der Waals surface area contributed by atoms with E-state index in [1.54, 1.807) is 6.92 Å². The first-order valence-corrected chi connectivity index (χ1v) is 4.74. The summed E-state index contributed by atoms with van der Waals surface area (Å²) in [5.41, 5.74) is 0. The number of nitrogens with zero attached hydrogens (tertiary/aromatic N) is 2. The minimum absolute atomic E-state index is 0.195. The number of aryl methyl sites for hydroxylation is 1. The van der Waals surface area contributed by atoms with Gasteiger partial charge in [0.1, 0.15) is 0 Å². The Balaban J connectivity index is 2.33. The molecule has 4 nitrogen and oxygen atoms in total. The first-order valence-electron chi connectivity index (χ1n) is 3.76. The predicted molar refractivity (Wildman–Crippen MR) is 46.0 cm³/mol. The van der Waals surface area contributed by atoms with Crippen LogP contribution in [0.15, 0.2) is 9.64 Å². The summed E-state index contributed by atoms with van der Waals surface area (Å²) in [4.78, 5) is 0. The third-order valence-corrected chi connectivity index (χ3v) is 2.46. The van der Waals surface area contributed by atoms with Gasteiger partial charge >= 0.3 is 0 Å². The molecule has 0 aliphatic rings. The van der Waals surface area contributed by atoms with E-state index in [1.807, 2.05) is 6.92 Å². The summed E-state index contributed by atoms with van der Waals surface area (Å²) in [5.74, 6) is 1.65. The molecule has 0 aliphatic heterocycles. The van der Waals surface area contributed by atoms with E-state index < -0.39 is 0 Å². The van der Waals surface area contributed by atoms with E-state index in [2.05, 4.69) is 10.2 Å². The van der Waals surface area contributed by atoms with Crippen molar-refractivity contribution in [1.82, 2.24) is 10.2 Å². The molecule has 0 spiro atoms. The molecular formula is C7H12N2O2S. The van der Waals surface area contributed by atoms with E-state index in [0.717, 1.165) is 5.75 Å². The SMILES string of the molecule is Cc1nnc(SCC(C)CO)o1. The number of thioether (sulfide) groups is 1. The highest BCUT2D eigenvalue weighted by atomic mass is 32.2. The quantitative estimate of drug-likeness (QED) is 0.717. The Morgan fingerprint density at radius 3 is 2.83 bits per heavy atom. The van der Waals surface area contributed by atoms with Crippen molar-refractivity contribution in [2.24, 2.45) is 5.92 Å². The predicted octanol–water partition coefficient (Wildman–Crippen LogP) is 1.10. The molecule has 0 aliphatic carbocycles. The van der Waals surface area contributed by atoms with E-state index in [4.69, 9.17) is 9.52 Å². The van der Waals surface area contributed by atoms with Gasteiger partial charge in [-0.3, -0.25) is 0 Å². The molecule has 1 aromatic rings. The average Bonchev–Trinajstić information content (AvgIpc) is 2.47. The standard InChI is InChI=1S/C7H12N2O2S/c1-5(3-10)4-12-7-9-8-6(2)11-7/h5,10H,3-4H2,1-2H3. The molecule has 5 heteroatoms. The fourth-order valence-electron chi connectivity index (χ4n) is 0.603. The van der Waals surface area contributed by atoms with Crippen molar-refractivity contribution < 1.29 is 9.52 Å². The topological polar surface area (TPSA) is 59.2 Å². The van der Waals surface area contributed by atoms with Gasteiger partial charge in [-0.1, -0.05) is 18.7 Å². The maximum absolute atomic E-state index is 8.74. The molecule has 0 saturated heterocycles. The minimum Gasteiger partial charge on any atom is -0.416 e. The molecule has 0 bridgehead atoms. The molecule has 0 fully saturated rings. The van der Waals surface area contributed by atoms with Gasteiger partial charge in [0.2, 0.25) is 5.89 Å². The van der Waals surface area contributed by atoms with Crippen molar-refractivity contribution in [1.29, 1.82) is 0 Å². The zero-order valence-corrected chi connectivity index (χ0v) is 7.97. The second-order valence-electron chi connectivity index (χ2n) is 2.69. The third-order valence-electron chi connectivity index (χ3n) is 1.31. The summed E-state index contributed by atoms with van der Waals surface area (Å²) in [6, 6.07) is 0. The lowest BCUT2D eigenvalue weighted by Gasteiger charge is -2.02. The molecule has 1 rings (SSSR count). The summed E-state index contributed by atoms with van der Waals surface area (Å²) < 4.78 is 5.14. The molecule has 1 heterocycles. The van der Waals surface area contributed by atoms with Crippen molar-refractivity contribution in [2.45, 2.75) is 19.1 Å². The Morgan fingerprint density at radius 2 is 2.33 bits per heavy atom. The lowest BCUT2D eigenvalue weighted by molar-refractivity contribution is 0.250. The summed E-state index contributed by atoms with van der Waals surface area (Å²) in [6.07, 6.45) is 0. The van der Waals surface area contributed by atoms with Gasteiger partial charge in [0.15, 0.2) is 0 Å². The molecule has 0 aromatic carbocycles. The lowest BCUT2D eigenvalue weighted by atomic mass is 10.2. The van der Waals surface area contributed by atoms with Crippen molar-refractivity contribution in [3.05, 3.63) is 5.89 Å². The fourth-order valence-corrected chi connectivity index (χ4v) is 1.41. The third kappa shape index (κ3) is 2.83. The zero-order valence-electron chi connectivity index (χ0n) is 7.15. The van der Waals surface area contributed by atoms with Crippen LogP contribution in [0.2, 0.25) is 0 Å². The Morgan fingerprint density at radius 1 is 1.58 bits per heavy atom. The molecule has 0 amide bonds. The van der Waals surface area contributed by atoms with Gasteiger partial charge < -0.3 is 9.52 Å². The Bertz CT molecular complexity index is 239. The van der Waals surface area contributed by atoms with Crippen molar-refractivity contribution in [2.75, 3.05) is 12.4 Å². The summed E-state index contributed by atoms with van der Waals surface area (Å²) in [6.45, 7) is 3.92. The molecule has 1 unspecified atom stereocenters. The average molecular weight is 188 g/mol. The largest absolute Gasteiger partial charge is 0.416 e. The molecular weight excluding hydrogens is 176 g/mol. The second-order valence-corrected chi connectivity index (χ2v) is 3.66. The summed E-state index contributed by atoms with van der Waals surface area (Å²) in [7, 11) is 0. The number of hydrogen-bond acceptors (Lipinski definition) is 5. The van der Waals surface area contributed by atoms with Crippen molar-refractivity contribution in [3.63, 3.8) is 0 Å². The number of aliphatic hydroxyl groups excluding tert-OH is 1. The highest BCUT2D eigenvalue weighted by Gasteiger charge is 2.05. The van der Waals surface area contributed by atoms with Crippen LogP contribution in [0.25, 0.3) is 0 Å². The van der Waals surface area contributed by atoms with E-state index in [1.165, 1.54) is 11.8 Å². The smallest absolute Gasteiger partial charge is 0.276 e. The van der Waals surface area contributed by atoms with Crippen LogP contribution in [0.3, 0.4) is 0 Å². The summed E-state index contributed by atoms with van der Waals surface area (Å²) in [5, 5.41) is 16.8. The Kier molecular flexibility index (Phi) is 3.55. The summed E-state index contributed by atoms with van der Waals surface area (Å²) >= 11 is 1.47. The number of rotatable bonds is 4. The van der Waals surface area contributed by atoms with Gasteiger partial charge in [-0.2, -0.15) is 0 Å². The van der Waals surface area contributed by atoms with E-state index in [-0.39, 0.29) is 12.5 Å². The molecule has 0 radical (unpaired) electrons. The van der Waals surface area contributed by atoms with Crippen molar-refractivity contribution >= 4 is 11.8 Å². The van der Waals surface area contributed by atoms with Crippen LogP contribution in [0.1, 0.15) is 12.8 Å². The van der Waals surface area contributed by atoms with Gasteiger partial charge in [-0.05, 0) is 5.92 Å². The Labute approximate surface area is 75.4 Å². The van der Waals surface area contributed by atoms with Gasteiger partial charge in [0, 0.05) is 19.3 Å². The minimum atomic E-state index is 0.195. The number of hydrogen-bond donors (Lipinski definition) is 1. The van der Waals surface area contributed by atoms with Crippen molar-refractivity contribution in [3.8, 4) is 0 Å². The van der Waals surface area contributed by atoms with E-state index in [9.17, 15) is 0 Å². The molecule has 1 atom stereocenters. The highest BCUT2D eigenvalue weighted by Crippen LogP contribution is 2.18. The van der Waals surface area contributed by atoms with Crippen LogP contribution in [0, 0.1) is 12.8 Å². The van der Waals surface area contributed by atoms with Crippen LogP contribution in [-0.2, 0) is 0 Å². The first-order chi connectivity index (χ1) is 5.72. The zero-order chi connectivity index (χ0) is 8.97. The maximum Gasteiger partial charge on any atom is 0.276 e. The molecule has 0 saturated carbocycles.